The average molecular weight is 523 g/mol. The predicted molar refractivity (Wildman–Crippen MR) is 137 cm³/mol. The molecule has 2 aromatic carbocycles. The summed E-state index contributed by atoms with van der Waals surface area (Å²) >= 11 is 0. The smallest absolute Gasteiger partial charge is 0.406 e. The van der Waals surface area contributed by atoms with Crippen LogP contribution in [0.2, 0.25) is 0 Å². The van der Waals surface area contributed by atoms with Crippen LogP contribution in [0.3, 0.4) is 0 Å². The highest BCUT2D eigenvalue weighted by Gasteiger charge is 2.39. The van der Waals surface area contributed by atoms with Crippen molar-refractivity contribution in [1.82, 2.24) is 14.8 Å². The molecule has 0 bridgehead atoms. The van der Waals surface area contributed by atoms with Crippen molar-refractivity contribution in [3.63, 3.8) is 0 Å². The van der Waals surface area contributed by atoms with Crippen molar-refractivity contribution in [3.05, 3.63) is 77.2 Å². The summed E-state index contributed by atoms with van der Waals surface area (Å²) in [6.45, 7) is 0. The van der Waals surface area contributed by atoms with E-state index in [1.807, 2.05) is 30.3 Å². The minimum absolute atomic E-state index is 0.220. The molecule has 8 nitrogen and oxygen atoms in total. The normalized spacial score (nSPS) is 19.6. The van der Waals surface area contributed by atoms with Crippen LogP contribution >= 0.6 is 0 Å². The third kappa shape index (κ3) is 5.29. The molecule has 2 aromatic heterocycles. The fraction of sp³-hybridized carbons (Fsp3) is 0.296. The number of nitrogens with zero attached hydrogens (tertiary/aromatic N) is 3. The quantitative estimate of drug-likeness (QED) is 0.274. The van der Waals surface area contributed by atoms with Gasteiger partial charge in [-0.2, -0.15) is 10.4 Å². The van der Waals surface area contributed by atoms with Gasteiger partial charge in [-0.05, 0) is 68.1 Å². The number of anilines is 3. The first-order chi connectivity index (χ1) is 18.3. The Morgan fingerprint density at radius 2 is 1.79 bits per heavy atom. The molecule has 0 aliphatic heterocycles. The van der Waals surface area contributed by atoms with Crippen molar-refractivity contribution >= 4 is 28.1 Å². The number of hydrogen-bond donors (Lipinski definition) is 3. The maximum Gasteiger partial charge on any atom is 0.573 e. The number of nitrogens with one attached hydrogen (secondary N) is 3. The summed E-state index contributed by atoms with van der Waals surface area (Å²) in [5.74, 6) is -0.0988. The molecule has 2 heterocycles. The van der Waals surface area contributed by atoms with E-state index in [0.29, 0.717) is 29.4 Å². The summed E-state index contributed by atoms with van der Waals surface area (Å²) in [7, 11) is 0. The first-order valence-electron chi connectivity index (χ1n) is 12.2. The van der Waals surface area contributed by atoms with Crippen LogP contribution in [-0.2, 0) is 5.54 Å². The molecule has 0 radical (unpaired) electrons. The molecule has 0 unspecified atom stereocenters. The van der Waals surface area contributed by atoms with E-state index in [4.69, 9.17) is 5.10 Å². The Morgan fingerprint density at radius 1 is 1.08 bits per heavy atom. The minimum atomic E-state index is -4.79. The second-order valence-corrected chi connectivity index (χ2v) is 9.37. The molecule has 0 saturated heterocycles. The van der Waals surface area contributed by atoms with Crippen molar-refractivity contribution in [1.29, 1.82) is 5.26 Å². The highest BCUT2D eigenvalue weighted by Crippen LogP contribution is 2.41. The largest absolute Gasteiger partial charge is 0.573 e. The first kappa shape index (κ1) is 25.2. The molecular weight excluding hydrogens is 497 g/mol. The minimum Gasteiger partial charge on any atom is -0.406 e. The third-order valence-electron chi connectivity index (χ3n) is 6.87. The molecule has 1 saturated carbocycles. The van der Waals surface area contributed by atoms with E-state index in [1.165, 1.54) is 24.3 Å². The van der Waals surface area contributed by atoms with Crippen LogP contribution in [0.4, 0.5) is 30.4 Å². The Bertz CT molecular complexity index is 1500. The Labute approximate surface area is 216 Å². The number of pyridine rings is 1. The number of aromatic nitrogens is 3. The Balaban J connectivity index is 1.44. The van der Waals surface area contributed by atoms with Gasteiger partial charge in [0.05, 0.1) is 23.5 Å². The van der Waals surface area contributed by atoms with Gasteiger partial charge in [-0.15, -0.1) is 13.2 Å². The van der Waals surface area contributed by atoms with Crippen LogP contribution in [0.15, 0.2) is 71.7 Å². The summed E-state index contributed by atoms with van der Waals surface area (Å²) in [6, 6.07) is 19.4. The number of benzene rings is 2. The lowest BCUT2D eigenvalue weighted by molar-refractivity contribution is -0.274. The van der Waals surface area contributed by atoms with Gasteiger partial charge in [0.15, 0.2) is 5.82 Å². The highest BCUT2D eigenvalue weighted by atomic mass is 19.4. The maximum atomic E-state index is 12.8. The van der Waals surface area contributed by atoms with E-state index in [2.05, 4.69) is 26.4 Å². The Morgan fingerprint density at radius 3 is 2.45 bits per heavy atom. The summed E-state index contributed by atoms with van der Waals surface area (Å²) in [5.41, 5.74) is 1.08. The lowest BCUT2D eigenvalue weighted by atomic mass is 9.77. The summed E-state index contributed by atoms with van der Waals surface area (Å²) in [5, 5.41) is 21.4. The third-order valence-corrected chi connectivity index (χ3v) is 6.87. The number of ether oxygens (including phenoxy) is 1. The van der Waals surface area contributed by atoms with Crippen LogP contribution < -0.4 is 20.9 Å². The number of halogens is 3. The lowest BCUT2D eigenvalue weighted by Crippen LogP contribution is -2.41. The predicted octanol–water partition coefficient (Wildman–Crippen LogP) is 6.03. The average Bonchev–Trinajstić information content (AvgIpc) is 3.27. The zero-order valence-corrected chi connectivity index (χ0v) is 20.3. The van der Waals surface area contributed by atoms with Gasteiger partial charge in [-0.1, -0.05) is 18.2 Å². The number of rotatable bonds is 7. The number of H-pyrrole nitrogens is 1. The van der Waals surface area contributed by atoms with E-state index in [1.54, 1.807) is 16.9 Å². The number of fused-ring (bicyclic) bond motifs is 1. The first-order valence-corrected chi connectivity index (χ1v) is 12.2. The van der Waals surface area contributed by atoms with Crippen LogP contribution in [-0.4, -0.2) is 27.2 Å². The Kier molecular flexibility index (Phi) is 6.72. The van der Waals surface area contributed by atoms with E-state index in [-0.39, 0.29) is 29.6 Å². The molecule has 3 N–H and O–H groups in total. The van der Waals surface area contributed by atoms with Gasteiger partial charge >= 0.3 is 6.36 Å². The monoisotopic (exact) mass is 522 g/mol. The van der Waals surface area contributed by atoms with Gasteiger partial charge in [-0.3, -0.25) is 9.48 Å². The zero-order chi connectivity index (χ0) is 26.8. The lowest BCUT2D eigenvalue weighted by Gasteiger charge is -2.40. The molecule has 4 aromatic rings. The van der Waals surface area contributed by atoms with Crippen molar-refractivity contribution < 1.29 is 17.9 Å². The molecule has 0 spiro atoms. The van der Waals surface area contributed by atoms with Gasteiger partial charge in [-0.25, -0.2) is 0 Å². The van der Waals surface area contributed by atoms with Crippen LogP contribution in [0.5, 0.6) is 5.75 Å². The fourth-order valence-electron chi connectivity index (χ4n) is 5.08. The molecule has 1 fully saturated rings. The van der Waals surface area contributed by atoms with Crippen molar-refractivity contribution in [2.45, 2.75) is 50.0 Å². The molecule has 5 rings (SSSR count). The SMILES string of the molecule is N#CC[C@]1(n2nc(Nc3ccc(OC(F)(F)F)cc3)c3c(=O)[nH]ccc32)CC[C@H](Nc2ccccc2)CC1. The van der Waals surface area contributed by atoms with E-state index in [9.17, 15) is 23.2 Å². The van der Waals surface area contributed by atoms with Crippen molar-refractivity contribution in [3.8, 4) is 11.8 Å². The molecule has 38 heavy (non-hydrogen) atoms. The number of nitriles is 1. The number of aromatic amines is 1. The molecule has 11 heteroatoms. The fourth-order valence-corrected chi connectivity index (χ4v) is 5.08. The van der Waals surface area contributed by atoms with E-state index in [0.717, 1.165) is 18.5 Å². The topological polar surface area (TPSA) is 108 Å². The summed E-state index contributed by atoms with van der Waals surface area (Å²) in [6.07, 6.45) is -0.0534. The van der Waals surface area contributed by atoms with Crippen LogP contribution in [0, 0.1) is 11.3 Å². The maximum absolute atomic E-state index is 12.8. The van der Waals surface area contributed by atoms with Gasteiger partial charge in [0, 0.05) is 23.6 Å². The van der Waals surface area contributed by atoms with Gasteiger partial charge in [0.1, 0.15) is 11.1 Å². The molecule has 196 valence electrons. The van der Waals surface area contributed by atoms with Crippen LogP contribution in [0.1, 0.15) is 32.1 Å². The molecule has 1 aliphatic carbocycles. The molecule has 0 amide bonds. The zero-order valence-electron chi connectivity index (χ0n) is 20.3. The molecule has 1 aliphatic rings. The number of para-hydroxylation sites is 1. The molecular formula is C27H25F3N6O2. The number of hydrogen-bond acceptors (Lipinski definition) is 6. The second kappa shape index (κ2) is 10.1. The van der Waals surface area contributed by atoms with Crippen LogP contribution in [0.25, 0.3) is 10.9 Å². The van der Waals surface area contributed by atoms with Gasteiger partial charge in [0.2, 0.25) is 0 Å². The second-order valence-electron chi connectivity index (χ2n) is 9.37. The Hall–Kier alpha value is -4.46. The van der Waals surface area contributed by atoms with E-state index >= 15 is 0 Å². The summed E-state index contributed by atoms with van der Waals surface area (Å²) in [4.78, 5) is 15.5. The molecule has 0 atom stereocenters. The van der Waals surface area contributed by atoms with E-state index < -0.39 is 11.9 Å². The van der Waals surface area contributed by atoms with Gasteiger partial charge in [0.25, 0.3) is 5.56 Å². The van der Waals surface area contributed by atoms with Crippen molar-refractivity contribution in [2.24, 2.45) is 0 Å². The van der Waals surface area contributed by atoms with Crippen molar-refractivity contribution in [2.75, 3.05) is 10.6 Å². The number of alkyl halides is 3. The summed E-state index contributed by atoms with van der Waals surface area (Å²) < 4.78 is 43.2. The van der Waals surface area contributed by atoms with Gasteiger partial charge < -0.3 is 20.4 Å². The highest BCUT2D eigenvalue weighted by molar-refractivity contribution is 5.91. The standard InChI is InChI=1S/C27H25F3N6O2/c28-27(29,30)38-21-8-6-19(7-9-21)34-24-23-22(12-17-32-25(23)37)36(35-24)26(15-16-31)13-10-20(11-14-26)33-18-4-2-1-3-5-18/h1-9,12,17,20,33H,10-11,13-15H2,(H,32,37)(H,34,35)/t20-,26-.